The summed E-state index contributed by atoms with van der Waals surface area (Å²) in [4.78, 5) is 7.45. The minimum absolute atomic E-state index is 0.171. The number of nitrogens with zero attached hydrogens (tertiary/aromatic N) is 1. The Balaban J connectivity index is 1.76. The molecule has 7 heteroatoms. The van der Waals surface area contributed by atoms with E-state index >= 15 is 0 Å². The molecule has 0 amide bonds. The van der Waals surface area contributed by atoms with Crippen molar-refractivity contribution in [1.29, 1.82) is 0 Å². The Labute approximate surface area is 128 Å². The third-order valence-corrected chi connectivity index (χ3v) is 4.69. The molecule has 0 saturated heterocycles. The fourth-order valence-electron chi connectivity index (χ4n) is 2.12. The first-order valence-electron chi connectivity index (χ1n) is 6.65. The number of pyridine rings is 1. The summed E-state index contributed by atoms with van der Waals surface area (Å²) in [5, 5.41) is 0.946. The van der Waals surface area contributed by atoms with Gasteiger partial charge < -0.3 is 9.72 Å². The zero-order valence-corrected chi connectivity index (χ0v) is 12.7. The molecular weight excluding hydrogens is 302 g/mol. The first kappa shape index (κ1) is 14.6. The van der Waals surface area contributed by atoms with Gasteiger partial charge in [0, 0.05) is 17.3 Å². The fourth-order valence-corrected chi connectivity index (χ4v) is 3.13. The van der Waals surface area contributed by atoms with Gasteiger partial charge in [0.25, 0.3) is 0 Å². The van der Waals surface area contributed by atoms with Crippen molar-refractivity contribution in [3.63, 3.8) is 0 Å². The molecule has 0 atom stereocenters. The van der Waals surface area contributed by atoms with E-state index in [4.69, 9.17) is 4.74 Å². The van der Waals surface area contributed by atoms with E-state index in [2.05, 4.69) is 14.7 Å². The average molecular weight is 317 g/mol. The van der Waals surface area contributed by atoms with E-state index in [-0.39, 0.29) is 11.4 Å². The van der Waals surface area contributed by atoms with Crippen LogP contribution in [0.2, 0.25) is 0 Å². The van der Waals surface area contributed by atoms with Crippen LogP contribution in [-0.2, 0) is 16.6 Å². The smallest absolute Gasteiger partial charge is 0.240 e. The zero-order chi connectivity index (χ0) is 15.6. The van der Waals surface area contributed by atoms with Crippen LogP contribution < -0.4 is 9.46 Å². The Kier molecular flexibility index (Phi) is 3.82. The standard InChI is InChI=1S/C15H15N3O3S/c1-21-13-4-6-14(7-5-13)22(19,20)17-10-12-9-11-3-2-8-16-15(11)18-12/h2-9,17H,10H2,1H3,(H,16,18). The quantitative estimate of drug-likeness (QED) is 0.754. The highest BCUT2D eigenvalue weighted by Gasteiger charge is 2.14. The first-order chi connectivity index (χ1) is 10.6. The number of aromatic amines is 1. The van der Waals surface area contributed by atoms with Gasteiger partial charge in [-0.1, -0.05) is 0 Å². The third kappa shape index (κ3) is 2.95. The molecule has 2 aromatic heterocycles. The highest BCUT2D eigenvalue weighted by Crippen LogP contribution is 2.16. The summed E-state index contributed by atoms with van der Waals surface area (Å²) in [7, 11) is -2.03. The van der Waals surface area contributed by atoms with Crippen molar-refractivity contribution < 1.29 is 13.2 Å². The maximum Gasteiger partial charge on any atom is 0.240 e. The number of sulfonamides is 1. The zero-order valence-electron chi connectivity index (χ0n) is 11.9. The van der Waals surface area contributed by atoms with Crippen LogP contribution in [0.1, 0.15) is 5.69 Å². The monoisotopic (exact) mass is 317 g/mol. The summed E-state index contributed by atoms with van der Waals surface area (Å²) in [5.41, 5.74) is 1.49. The summed E-state index contributed by atoms with van der Waals surface area (Å²) < 4.78 is 32.1. The Bertz CT molecular complexity index is 853. The Morgan fingerprint density at radius 2 is 2.00 bits per heavy atom. The number of methoxy groups -OCH3 is 1. The molecule has 0 radical (unpaired) electrons. The molecule has 114 valence electrons. The Morgan fingerprint density at radius 1 is 1.23 bits per heavy atom. The molecule has 2 N–H and O–H groups in total. The number of ether oxygens (including phenoxy) is 1. The second-order valence-corrected chi connectivity index (χ2v) is 6.50. The minimum Gasteiger partial charge on any atom is -0.497 e. The second kappa shape index (κ2) is 5.78. The number of hydrogen-bond donors (Lipinski definition) is 2. The molecule has 0 saturated carbocycles. The van der Waals surface area contributed by atoms with E-state index in [1.807, 2.05) is 18.2 Å². The summed E-state index contributed by atoms with van der Waals surface area (Å²) in [6, 6.07) is 11.9. The number of H-pyrrole nitrogens is 1. The van der Waals surface area contributed by atoms with Gasteiger partial charge in [-0.2, -0.15) is 0 Å². The van der Waals surface area contributed by atoms with E-state index in [1.165, 1.54) is 19.2 Å². The van der Waals surface area contributed by atoms with Crippen molar-refractivity contribution in [2.75, 3.05) is 7.11 Å². The highest BCUT2D eigenvalue weighted by atomic mass is 32.2. The van der Waals surface area contributed by atoms with Gasteiger partial charge >= 0.3 is 0 Å². The molecule has 0 aliphatic rings. The summed E-state index contributed by atoms with van der Waals surface area (Å²) in [6.45, 7) is 0.171. The number of rotatable bonds is 5. The van der Waals surface area contributed by atoms with Crippen LogP contribution in [0.4, 0.5) is 0 Å². The van der Waals surface area contributed by atoms with E-state index in [0.717, 1.165) is 16.7 Å². The third-order valence-electron chi connectivity index (χ3n) is 3.27. The van der Waals surface area contributed by atoms with Crippen LogP contribution >= 0.6 is 0 Å². The Morgan fingerprint density at radius 3 is 2.68 bits per heavy atom. The topological polar surface area (TPSA) is 84.1 Å². The predicted molar refractivity (Wildman–Crippen MR) is 83.1 cm³/mol. The van der Waals surface area contributed by atoms with Crippen molar-refractivity contribution in [1.82, 2.24) is 14.7 Å². The molecule has 0 aliphatic carbocycles. The van der Waals surface area contributed by atoms with Crippen LogP contribution in [0.3, 0.4) is 0 Å². The number of hydrogen-bond acceptors (Lipinski definition) is 4. The molecule has 1 aromatic carbocycles. The van der Waals surface area contributed by atoms with Crippen LogP contribution in [-0.4, -0.2) is 25.5 Å². The number of aromatic nitrogens is 2. The van der Waals surface area contributed by atoms with Crippen LogP contribution in [0.25, 0.3) is 11.0 Å². The first-order valence-corrected chi connectivity index (χ1v) is 8.13. The van der Waals surface area contributed by atoms with Crippen LogP contribution in [0.15, 0.2) is 53.6 Å². The average Bonchev–Trinajstić information content (AvgIpc) is 2.96. The van der Waals surface area contributed by atoms with Gasteiger partial charge in [-0.25, -0.2) is 18.1 Å². The van der Waals surface area contributed by atoms with Crippen LogP contribution in [0, 0.1) is 0 Å². The highest BCUT2D eigenvalue weighted by molar-refractivity contribution is 7.89. The van der Waals surface area contributed by atoms with Gasteiger partial charge in [-0.05, 0) is 42.5 Å². The minimum atomic E-state index is -3.57. The summed E-state index contributed by atoms with van der Waals surface area (Å²) >= 11 is 0. The molecule has 3 aromatic rings. The van der Waals surface area contributed by atoms with Crippen LogP contribution in [0.5, 0.6) is 5.75 Å². The van der Waals surface area contributed by atoms with Crippen molar-refractivity contribution in [2.45, 2.75) is 11.4 Å². The molecular formula is C15H15N3O3S. The molecule has 0 fully saturated rings. The SMILES string of the molecule is COc1ccc(S(=O)(=O)NCc2cc3cccnc3[nH]2)cc1. The van der Waals surface area contributed by atoms with E-state index in [1.54, 1.807) is 18.3 Å². The number of benzene rings is 1. The molecule has 0 bridgehead atoms. The van der Waals surface area contributed by atoms with E-state index < -0.39 is 10.0 Å². The lowest BCUT2D eigenvalue weighted by Crippen LogP contribution is -2.23. The second-order valence-electron chi connectivity index (χ2n) is 4.74. The van der Waals surface area contributed by atoms with Gasteiger partial charge in [0.2, 0.25) is 10.0 Å². The molecule has 2 heterocycles. The summed E-state index contributed by atoms with van der Waals surface area (Å²) in [6.07, 6.45) is 1.68. The lowest BCUT2D eigenvalue weighted by Gasteiger charge is -2.06. The fraction of sp³-hybridized carbons (Fsp3) is 0.133. The summed E-state index contributed by atoms with van der Waals surface area (Å²) in [5.74, 6) is 0.612. The van der Waals surface area contributed by atoms with Gasteiger partial charge in [-0.3, -0.25) is 0 Å². The molecule has 0 aliphatic heterocycles. The maximum atomic E-state index is 12.2. The number of fused-ring (bicyclic) bond motifs is 1. The van der Waals surface area contributed by atoms with Crippen molar-refractivity contribution >= 4 is 21.1 Å². The van der Waals surface area contributed by atoms with E-state index in [0.29, 0.717) is 5.75 Å². The van der Waals surface area contributed by atoms with Crippen molar-refractivity contribution in [3.05, 3.63) is 54.4 Å². The lowest BCUT2D eigenvalue weighted by molar-refractivity contribution is 0.414. The molecule has 0 unspecified atom stereocenters. The predicted octanol–water partition coefficient (Wildman–Crippen LogP) is 2.05. The van der Waals surface area contributed by atoms with Gasteiger partial charge in [0.1, 0.15) is 11.4 Å². The molecule has 6 nitrogen and oxygen atoms in total. The molecule has 3 rings (SSSR count). The maximum absolute atomic E-state index is 12.2. The number of nitrogens with one attached hydrogen (secondary N) is 2. The van der Waals surface area contributed by atoms with Crippen molar-refractivity contribution in [2.24, 2.45) is 0 Å². The van der Waals surface area contributed by atoms with Gasteiger partial charge in [0.05, 0.1) is 18.6 Å². The largest absolute Gasteiger partial charge is 0.497 e. The van der Waals surface area contributed by atoms with Crippen molar-refractivity contribution in [3.8, 4) is 5.75 Å². The molecule has 0 spiro atoms. The van der Waals surface area contributed by atoms with Gasteiger partial charge in [0.15, 0.2) is 0 Å². The lowest BCUT2D eigenvalue weighted by atomic mass is 10.3. The van der Waals surface area contributed by atoms with E-state index in [9.17, 15) is 8.42 Å². The Hall–Kier alpha value is -2.38. The normalized spacial score (nSPS) is 11.7. The molecule has 22 heavy (non-hydrogen) atoms. The van der Waals surface area contributed by atoms with Gasteiger partial charge in [-0.15, -0.1) is 0 Å².